The third-order valence-corrected chi connectivity index (χ3v) is 4.33. The van der Waals surface area contributed by atoms with E-state index in [1.165, 1.54) is 12.1 Å². The average molecular weight is 305 g/mol. The second-order valence-electron chi connectivity index (χ2n) is 4.64. The zero-order valence-corrected chi connectivity index (χ0v) is 13.3. The molecule has 1 aromatic rings. The summed E-state index contributed by atoms with van der Waals surface area (Å²) < 4.78 is 13.5. The SMILES string of the molecule is CCC(CSC)N(C)C(CN)c1cc(F)cc(Cl)c1. The van der Waals surface area contributed by atoms with E-state index in [0.717, 1.165) is 17.7 Å². The first kappa shape index (κ1) is 16.8. The first-order valence-electron chi connectivity index (χ1n) is 6.40. The number of hydrogen-bond acceptors (Lipinski definition) is 3. The summed E-state index contributed by atoms with van der Waals surface area (Å²) >= 11 is 7.74. The molecule has 0 aliphatic rings. The molecule has 0 aliphatic heterocycles. The van der Waals surface area contributed by atoms with Crippen LogP contribution in [-0.4, -0.2) is 36.5 Å². The number of nitrogens with zero attached hydrogens (tertiary/aromatic N) is 1. The van der Waals surface area contributed by atoms with E-state index in [0.29, 0.717) is 17.6 Å². The molecule has 19 heavy (non-hydrogen) atoms. The summed E-state index contributed by atoms with van der Waals surface area (Å²) in [6, 6.07) is 5.05. The van der Waals surface area contributed by atoms with Crippen molar-refractivity contribution in [2.45, 2.75) is 25.4 Å². The quantitative estimate of drug-likeness (QED) is 0.835. The third-order valence-electron chi connectivity index (χ3n) is 3.39. The van der Waals surface area contributed by atoms with Crippen LogP contribution in [0.3, 0.4) is 0 Å². The fourth-order valence-electron chi connectivity index (χ4n) is 2.28. The first-order valence-corrected chi connectivity index (χ1v) is 8.17. The molecular formula is C14H22ClFN2S. The molecule has 0 heterocycles. The van der Waals surface area contributed by atoms with Crippen LogP contribution >= 0.6 is 23.4 Å². The highest BCUT2D eigenvalue weighted by molar-refractivity contribution is 7.98. The number of halogens is 2. The lowest BCUT2D eigenvalue weighted by Crippen LogP contribution is -2.39. The molecule has 0 saturated carbocycles. The molecule has 108 valence electrons. The van der Waals surface area contributed by atoms with E-state index in [1.54, 1.807) is 6.07 Å². The summed E-state index contributed by atoms with van der Waals surface area (Å²) in [6.07, 6.45) is 3.13. The number of thioether (sulfide) groups is 1. The fraction of sp³-hybridized carbons (Fsp3) is 0.571. The van der Waals surface area contributed by atoms with Gasteiger partial charge in [0.1, 0.15) is 5.82 Å². The van der Waals surface area contributed by atoms with Crippen LogP contribution in [0, 0.1) is 5.82 Å². The van der Waals surface area contributed by atoms with E-state index in [1.807, 2.05) is 18.8 Å². The van der Waals surface area contributed by atoms with Gasteiger partial charge in [0.05, 0.1) is 0 Å². The van der Waals surface area contributed by atoms with Gasteiger partial charge in [0, 0.05) is 29.4 Å². The van der Waals surface area contributed by atoms with E-state index >= 15 is 0 Å². The Morgan fingerprint density at radius 1 is 1.42 bits per heavy atom. The van der Waals surface area contributed by atoms with Gasteiger partial charge in [0.25, 0.3) is 0 Å². The molecule has 0 radical (unpaired) electrons. The number of likely N-dealkylation sites (N-methyl/N-ethyl adjacent to an activating group) is 1. The highest BCUT2D eigenvalue weighted by Crippen LogP contribution is 2.26. The minimum absolute atomic E-state index is 0.00898. The molecule has 0 bridgehead atoms. The summed E-state index contributed by atoms with van der Waals surface area (Å²) in [5.74, 6) is 0.722. The zero-order valence-electron chi connectivity index (χ0n) is 11.7. The minimum atomic E-state index is -0.313. The average Bonchev–Trinajstić information content (AvgIpc) is 2.35. The largest absolute Gasteiger partial charge is 0.329 e. The topological polar surface area (TPSA) is 29.3 Å². The molecule has 0 spiro atoms. The van der Waals surface area contributed by atoms with Gasteiger partial charge in [0.15, 0.2) is 0 Å². The monoisotopic (exact) mass is 304 g/mol. The van der Waals surface area contributed by atoms with Crippen LogP contribution in [0.5, 0.6) is 0 Å². The lowest BCUT2D eigenvalue weighted by atomic mass is 10.0. The number of benzene rings is 1. The van der Waals surface area contributed by atoms with Crippen molar-refractivity contribution in [2.75, 3.05) is 25.6 Å². The van der Waals surface area contributed by atoms with Gasteiger partial charge in [-0.1, -0.05) is 18.5 Å². The molecule has 2 unspecified atom stereocenters. The molecule has 1 rings (SSSR count). The van der Waals surface area contributed by atoms with Crippen molar-refractivity contribution < 1.29 is 4.39 Å². The van der Waals surface area contributed by atoms with Gasteiger partial charge in [-0.25, -0.2) is 4.39 Å². The Morgan fingerprint density at radius 3 is 2.58 bits per heavy atom. The lowest BCUT2D eigenvalue weighted by Gasteiger charge is -2.34. The van der Waals surface area contributed by atoms with Crippen molar-refractivity contribution in [1.82, 2.24) is 4.90 Å². The summed E-state index contributed by atoms with van der Waals surface area (Å²) in [6.45, 7) is 2.60. The van der Waals surface area contributed by atoms with E-state index in [-0.39, 0.29) is 11.9 Å². The van der Waals surface area contributed by atoms with Crippen molar-refractivity contribution in [3.63, 3.8) is 0 Å². The van der Waals surface area contributed by atoms with Crippen LogP contribution in [-0.2, 0) is 0 Å². The molecule has 2 atom stereocenters. The van der Waals surface area contributed by atoms with Crippen molar-refractivity contribution in [1.29, 1.82) is 0 Å². The van der Waals surface area contributed by atoms with Gasteiger partial charge in [0.2, 0.25) is 0 Å². The predicted octanol–water partition coefficient (Wildman–Crippen LogP) is 3.55. The smallest absolute Gasteiger partial charge is 0.125 e. The standard InChI is InChI=1S/C14H22ClFN2S/c1-4-13(9-19-3)18(2)14(8-17)10-5-11(15)7-12(16)6-10/h5-7,13-14H,4,8-9,17H2,1-3H3. The second kappa shape index (κ2) is 8.10. The molecule has 2 N–H and O–H groups in total. The maximum absolute atomic E-state index is 13.5. The molecular weight excluding hydrogens is 283 g/mol. The Morgan fingerprint density at radius 2 is 2.11 bits per heavy atom. The molecule has 1 aromatic carbocycles. The van der Waals surface area contributed by atoms with E-state index in [4.69, 9.17) is 17.3 Å². The van der Waals surface area contributed by atoms with Gasteiger partial charge >= 0.3 is 0 Å². The fourth-order valence-corrected chi connectivity index (χ4v) is 3.36. The first-order chi connectivity index (χ1) is 9.03. The van der Waals surface area contributed by atoms with Gasteiger partial charge in [-0.05, 0) is 43.5 Å². The van der Waals surface area contributed by atoms with Crippen LogP contribution in [0.2, 0.25) is 5.02 Å². The molecule has 0 aliphatic carbocycles. The van der Waals surface area contributed by atoms with Gasteiger partial charge < -0.3 is 5.73 Å². The van der Waals surface area contributed by atoms with Crippen LogP contribution in [0.1, 0.15) is 24.9 Å². The molecule has 0 saturated heterocycles. The van der Waals surface area contributed by atoms with Crippen molar-refractivity contribution in [2.24, 2.45) is 5.73 Å². The maximum Gasteiger partial charge on any atom is 0.125 e. The Kier molecular flexibility index (Phi) is 7.15. The van der Waals surface area contributed by atoms with Crippen molar-refractivity contribution in [3.8, 4) is 0 Å². The van der Waals surface area contributed by atoms with Gasteiger partial charge in [-0.2, -0.15) is 11.8 Å². The molecule has 0 amide bonds. The molecule has 0 aromatic heterocycles. The normalized spacial score (nSPS) is 14.7. The van der Waals surface area contributed by atoms with Gasteiger partial charge in [-0.15, -0.1) is 0 Å². The Bertz CT molecular complexity index is 383. The van der Waals surface area contributed by atoms with Crippen LogP contribution in [0.4, 0.5) is 4.39 Å². The van der Waals surface area contributed by atoms with Crippen molar-refractivity contribution in [3.05, 3.63) is 34.6 Å². The number of rotatable bonds is 7. The Balaban J connectivity index is 2.97. The summed E-state index contributed by atoms with van der Waals surface area (Å²) in [4.78, 5) is 2.22. The molecule has 2 nitrogen and oxygen atoms in total. The number of hydrogen-bond donors (Lipinski definition) is 1. The van der Waals surface area contributed by atoms with Crippen LogP contribution in [0.15, 0.2) is 18.2 Å². The third kappa shape index (κ3) is 4.63. The van der Waals surface area contributed by atoms with Crippen molar-refractivity contribution >= 4 is 23.4 Å². The lowest BCUT2D eigenvalue weighted by molar-refractivity contribution is 0.187. The summed E-state index contributed by atoms with van der Waals surface area (Å²) in [5, 5.41) is 0.416. The van der Waals surface area contributed by atoms with Crippen LogP contribution in [0.25, 0.3) is 0 Å². The predicted molar refractivity (Wildman–Crippen MR) is 83.4 cm³/mol. The summed E-state index contributed by atoms with van der Waals surface area (Å²) in [5.41, 5.74) is 6.72. The van der Waals surface area contributed by atoms with E-state index in [9.17, 15) is 4.39 Å². The maximum atomic E-state index is 13.5. The van der Waals surface area contributed by atoms with E-state index < -0.39 is 0 Å². The number of nitrogens with two attached hydrogens (primary N) is 1. The Hall–Kier alpha value is -0.290. The van der Waals surface area contributed by atoms with Gasteiger partial charge in [-0.3, -0.25) is 4.90 Å². The molecule has 5 heteroatoms. The highest BCUT2D eigenvalue weighted by Gasteiger charge is 2.22. The minimum Gasteiger partial charge on any atom is -0.329 e. The Labute approximate surface area is 124 Å². The molecule has 0 fully saturated rings. The second-order valence-corrected chi connectivity index (χ2v) is 5.98. The van der Waals surface area contributed by atoms with Crippen LogP contribution < -0.4 is 5.73 Å². The van der Waals surface area contributed by atoms with E-state index in [2.05, 4.69) is 18.1 Å². The summed E-state index contributed by atoms with van der Waals surface area (Å²) in [7, 11) is 2.04. The zero-order chi connectivity index (χ0) is 14.4. The highest BCUT2D eigenvalue weighted by atomic mass is 35.5.